The van der Waals surface area contributed by atoms with E-state index in [2.05, 4.69) is 11.8 Å². The number of likely N-dealkylation sites (tertiary alicyclic amines) is 1. The summed E-state index contributed by atoms with van der Waals surface area (Å²) in [4.78, 5) is 2.53. The number of aliphatic hydroxyl groups is 1. The van der Waals surface area contributed by atoms with E-state index < -0.39 is 10.0 Å². The molecule has 1 unspecified atom stereocenters. The predicted molar refractivity (Wildman–Crippen MR) is 82.4 cm³/mol. The monoisotopic (exact) mass is 312 g/mol. The first-order valence-corrected chi connectivity index (χ1v) is 8.83. The zero-order chi connectivity index (χ0) is 15.5. The van der Waals surface area contributed by atoms with Crippen LogP contribution in [0.25, 0.3) is 0 Å². The molecule has 1 aliphatic heterocycles. The third kappa shape index (κ3) is 3.45. The molecular weight excluding hydrogens is 288 g/mol. The van der Waals surface area contributed by atoms with Crippen molar-refractivity contribution in [3.63, 3.8) is 0 Å². The van der Waals surface area contributed by atoms with Crippen molar-refractivity contribution >= 4 is 10.0 Å². The van der Waals surface area contributed by atoms with Crippen LogP contribution in [-0.2, 0) is 16.6 Å². The summed E-state index contributed by atoms with van der Waals surface area (Å²) in [6.07, 6.45) is 2.16. The van der Waals surface area contributed by atoms with Crippen LogP contribution in [0.2, 0.25) is 0 Å². The van der Waals surface area contributed by atoms with Crippen molar-refractivity contribution in [3.05, 3.63) is 29.8 Å². The Hall–Kier alpha value is -0.950. The molecular formula is C15H24N2O3S. The van der Waals surface area contributed by atoms with E-state index in [9.17, 15) is 13.5 Å². The number of sulfonamides is 1. The summed E-state index contributed by atoms with van der Waals surface area (Å²) >= 11 is 0. The summed E-state index contributed by atoms with van der Waals surface area (Å²) in [5.74, 6) is 0. The third-order valence-corrected chi connectivity index (χ3v) is 6.13. The molecule has 0 aromatic heterocycles. The van der Waals surface area contributed by atoms with Crippen LogP contribution in [0, 0.1) is 0 Å². The van der Waals surface area contributed by atoms with Gasteiger partial charge in [0.2, 0.25) is 10.0 Å². The van der Waals surface area contributed by atoms with E-state index in [0.29, 0.717) is 12.1 Å². The fourth-order valence-electron chi connectivity index (χ4n) is 2.97. The first-order valence-electron chi connectivity index (χ1n) is 7.39. The van der Waals surface area contributed by atoms with Gasteiger partial charge in [0.15, 0.2) is 0 Å². The second-order valence-electron chi connectivity index (χ2n) is 5.48. The van der Waals surface area contributed by atoms with Crippen molar-refractivity contribution in [1.82, 2.24) is 9.21 Å². The molecule has 5 nitrogen and oxygen atoms in total. The van der Waals surface area contributed by atoms with Crippen LogP contribution in [0.4, 0.5) is 0 Å². The second-order valence-corrected chi connectivity index (χ2v) is 7.49. The van der Waals surface area contributed by atoms with Gasteiger partial charge in [0.05, 0.1) is 11.5 Å². The Morgan fingerprint density at radius 2 is 2.10 bits per heavy atom. The fourth-order valence-corrected chi connectivity index (χ4v) is 4.39. The Labute approximate surface area is 127 Å². The molecule has 0 saturated carbocycles. The highest BCUT2D eigenvalue weighted by atomic mass is 32.2. The zero-order valence-corrected chi connectivity index (χ0v) is 13.5. The number of rotatable bonds is 6. The minimum Gasteiger partial charge on any atom is -0.392 e. The molecule has 0 amide bonds. The number of nitrogens with zero attached hydrogens (tertiary/aromatic N) is 2. The lowest BCUT2D eigenvalue weighted by molar-refractivity contribution is 0.237. The Morgan fingerprint density at radius 3 is 2.76 bits per heavy atom. The van der Waals surface area contributed by atoms with Crippen LogP contribution >= 0.6 is 0 Å². The maximum atomic E-state index is 12.7. The van der Waals surface area contributed by atoms with Crippen molar-refractivity contribution in [2.24, 2.45) is 0 Å². The Morgan fingerprint density at radius 1 is 1.38 bits per heavy atom. The van der Waals surface area contributed by atoms with Gasteiger partial charge in [-0.25, -0.2) is 8.42 Å². The largest absolute Gasteiger partial charge is 0.392 e. The van der Waals surface area contributed by atoms with Crippen LogP contribution in [0.3, 0.4) is 0 Å². The van der Waals surface area contributed by atoms with Crippen molar-refractivity contribution in [1.29, 1.82) is 0 Å². The van der Waals surface area contributed by atoms with E-state index >= 15 is 0 Å². The number of hydrogen-bond acceptors (Lipinski definition) is 4. The van der Waals surface area contributed by atoms with Gasteiger partial charge < -0.3 is 5.11 Å². The molecule has 21 heavy (non-hydrogen) atoms. The van der Waals surface area contributed by atoms with Crippen molar-refractivity contribution in [2.75, 3.05) is 26.7 Å². The molecule has 0 bridgehead atoms. The van der Waals surface area contributed by atoms with Crippen molar-refractivity contribution < 1.29 is 13.5 Å². The third-order valence-electron chi connectivity index (χ3n) is 4.20. The SMILES string of the molecule is CCN1CCCC1CN(C)S(=O)(=O)c1ccccc1CO. The van der Waals surface area contributed by atoms with Gasteiger partial charge in [-0.1, -0.05) is 25.1 Å². The summed E-state index contributed by atoms with van der Waals surface area (Å²) in [6.45, 7) is 4.33. The van der Waals surface area contributed by atoms with Crippen LogP contribution in [-0.4, -0.2) is 55.5 Å². The molecule has 1 saturated heterocycles. The van der Waals surface area contributed by atoms with E-state index in [0.717, 1.165) is 25.9 Å². The average molecular weight is 312 g/mol. The van der Waals surface area contributed by atoms with E-state index in [1.165, 1.54) is 4.31 Å². The molecule has 0 spiro atoms. The summed E-state index contributed by atoms with van der Waals surface area (Å²) in [5.41, 5.74) is 0.447. The first-order chi connectivity index (χ1) is 10.0. The molecule has 1 fully saturated rings. The topological polar surface area (TPSA) is 60.9 Å². The average Bonchev–Trinajstić information content (AvgIpc) is 2.94. The first kappa shape index (κ1) is 16.4. The number of likely N-dealkylation sites (N-methyl/N-ethyl adjacent to an activating group) is 2. The molecule has 1 aliphatic rings. The normalized spacial score (nSPS) is 20.3. The van der Waals surface area contributed by atoms with Crippen LogP contribution in [0.5, 0.6) is 0 Å². The van der Waals surface area contributed by atoms with Gasteiger partial charge in [0.25, 0.3) is 0 Å². The molecule has 1 heterocycles. The Kier molecular flexibility index (Phi) is 5.37. The number of aliphatic hydroxyl groups excluding tert-OH is 1. The van der Waals surface area contributed by atoms with Gasteiger partial charge in [-0.15, -0.1) is 0 Å². The molecule has 2 rings (SSSR count). The molecule has 1 N–H and O–H groups in total. The van der Waals surface area contributed by atoms with E-state index in [1.54, 1.807) is 31.3 Å². The van der Waals surface area contributed by atoms with Gasteiger partial charge in [-0.05, 0) is 37.6 Å². The van der Waals surface area contributed by atoms with Gasteiger partial charge in [0, 0.05) is 19.6 Å². The fraction of sp³-hybridized carbons (Fsp3) is 0.600. The van der Waals surface area contributed by atoms with E-state index in [1.807, 2.05) is 0 Å². The molecule has 1 aromatic carbocycles. The Bertz CT molecular complexity index is 574. The summed E-state index contributed by atoms with van der Waals surface area (Å²) < 4.78 is 26.8. The molecule has 118 valence electrons. The Balaban J connectivity index is 2.19. The number of hydrogen-bond donors (Lipinski definition) is 1. The lowest BCUT2D eigenvalue weighted by Gasteiger charge is -2.27. The summed E-state index contributed by atoms with van der Waals surface area (Å²) in [7, 11) is -1.93. The van der Waals surface area contributed by atoms with Gasteiger partial charge >= 0.3 is 0 Å². The molecule has 0 radical (unpaired) electrons. The molecule has 0 aliphatic carbocycles. The minimum absolute atomic E-state index is 0.205. The van der Waals surface area contributed by atoms with Crippen LogP contribution in [0.1, 0.15) is 25.3 Å². The van der Waals surface area contributed by atoms with Crippen molar-refractivity contribution in [3.8, 4) is 0 Å². The summed E-state index contributed by atoms with van der Waals surface area (Å²) in [5, 5.41) is 9.34. The van der Waals surface area contributed by atoms with Crippen LogP contribution < -0.4 is 0 Å². The lowest BCUT2D eigenvalue weighted by atomic mass is 10.2. The number of benzene rings is 1. The highest BCUT2D eigenvalue weighted by Gasteiger charge is 2.30. The van der Waals surface area contributed by atoms with Gasteiger partial charge in [-0.3, -0.25) is 4.90 Å². The lowest BCUT2D eigenvalue weighted by Crippen LogP contribution is -2.41. The molecule has 6 heteroatoms. The minimum atomic E-state index is -3.55. The van der Waals surface area contributed by atoms with E-state index in [-0.39, 0.29) is 17.5 Å². The maximum Gasteiger partial charge on any atom is 0.243 e. The zero-order valence-electron chi connectivity index (χ0n) is 12.7. The van der Waals surface area contributed by atoms with Gasteiger partial charge in [-0.2, -0.15) is 4.31 Å². The van der Waals surface area contributed by atoms with Crippen molar-refractivity contribution in [2.45, 2.75) is 37.3 Å². The van der Waals surface area contributed by atoms with Gasteiger partial charge in [0.1, 0.15) is 0 Å². The standard InChI is InChI=1S/C15H24N2O3S/c1-3-17-10-6-8-14(17)11-16(2)21(19,20)15-9-5-4-7-13(15)12-18/h4-5,7,9,14,18H,3,6,8,10-12H2,1-2H3. The predicted octanol–water partition coefficient (Wildman–Crippen LogP) is 1.28. The van der Waals surface area contributed by atoms with Crippen LogP contribution in [0.15, 0.2) is 29.2 Å². The summed E-state index contributed by atoms with van der Waals surface area (Å²) in [6, 6.07) is 6.92. The van der Waals surface area contributed by atoms with E-state index in [4.69, 9.17) is 0 Å². The molecule has 1 aromatic rings. The maximum absolute atomic E-state index is 12.7. The second kappa shape index (κ2) is 6.87. The smallest absolute Gasteiger partial charge is 0.243 e. The highest BCUT2D eigenvalue weighted by Crippen LogP contribution is 2.23. The molecule has 1 atom stereocenters. The highest BCUT2D eigenvalue weighted by molar-refractivity contribution is 7.89. The quantitative estimate of drug-likeness (QED) is 0.860.